The summed E-state index contributed by atoms with van der Waals surface area (Å²) in [4.78, 5) is 12.4. The van der Waals surface area contributed by atoms with Gasteiger partial charge in [0.25, 0.3) is 0 Å². The molecule has 1 aromatic rings. The summed E-state index contributed by atoms with van der Waals surface area (Å²) in [5, 5.41) is 3.00. The van der Waals surface area contributed by atoms with E-state index < -0.39 is 28.2 Å². The van der Waals surface area contributed by atoms with E-state index in [1.165, 1.54) is 61.0 Å². The molecule has 1 saturated carbocycles. The number of unbranched alkanes of at least 4 members (excludes halogenated alkanes) is 3. The van der Waals surface area contributed by atoms with Gasteiger partial charge in [0.15, 0.2) is 0 Å². The van der Waals surface area contributed by atoms with Gasteiger partial charge in [-0.25, -0.2) is 0 Å². The van der Waals surface area contributed by atoms with Gasteiger partial charge in [-0.15, -0.1) is 0 Å². The van der Waals surface area contributed by atoms with Crippen LogP contribution in [0.4, 0.5) is 0 Å². The summed E-state index contributed by atoms with van der Waals surface area (Å²) in [6.45, 7) is 6.86. The quantitative estimate of drug-likeness (QED) is 0.250. The first-order valence-electron chi connectivity index (χ1n) is 13.2. The molecule has 1 aromatic carbocycles. The molecule has 1 N–H and O–H groups in total. The molecule has 1 heterocycles. The second-order valence-corrected chi connectivity index (χ2v) is 25.5. The van der Waals surface area contributed by atoms with E-state index in [0.717, 1.165) is 19.3 Å². The molecule has 1 aliphatic carbocycles. The van der Waals surface area contributed by atoms with Gasteiger partial charge >= 0.3 is 207 Å². The second kappa shape index (κ2) is 12.2. The number of carbonyl (C=O) groups excluding carboxylic acids is 1. The molecule has 0 spiro atoms. The number of benzene rings is 1. The van der Waals surface area contributed by atoms with Crippen molar-refractivity contribution in [3.8, 4) is 0 Å². The first kappa shape index (κ1) is 26.8. The van der Waals surface area contributed by atoms with Gasteiger partial charge in [-0.05, 0) is 0 Å². The van der Waals surface area contributed by atoms with Crippen LogP contribution in [-0.4, -0.2) is 44.0 Å². The number of hydrogen-bond acceptors (Lipinski definition) is 3. The van der Waals surface area contributed by atoms with E-state index in [-0.39, 0.29) is 17.2 Å². The number of rotatable bonds is 14. The standard InChI is InChI=1S/C15H16NO3S.3C4H9.Sn/c17-15-10-5-12(16-15)4-1-11-2-6-13(7-3-11)20(18,19)14-8-9-14;3*1-3-4-2;/h2-4,6-7,12,14H,5,8-10H2,(H,16,17);3*1,3-4H2,2H3;/t12-;;;;/m0..../s1. The van der Waals surface area contributed by atoms with Gasteiger partial charge in [-0.2, -0.15) is 0 Å². The molecule has 2 aliphatic rings. The fraction of sp³-hybridized carbons (Fsp3) is 0.667. The summed E-state index contributed by atoms with van der Waals surface area (Å²) in [7, 11) is -3.18. The average Bonchev–Trinajstić information content (AvgIpc) is 3.60. The van der Waals surface area contributed by atoms with Crippen molar-refractivity contribution in [3.63, 3.8) is 0 Å². The zero-order valence-corrected chi connectivity index (χ0v) is 24.5. The Balaban J connectivity index is 2.05. The maximum absolute atomic E-state index is 12.8. The predicted molar refractivity (Wildman–Crippen MR) is 141 cm³/mol. The minimum atomic E-state index is -3.18. The Morgan fingerprint density at radius 2 is 1.48 bits per heavy atom. The normalized spacial score (nSPS) is 19.7. The molecule has 4 nitrogen and oxygen atoms in total. The molecule has 1 amide bonds. The van der Waals surface area contributed by atoms with Crippen LogP contribution in [0.2, 0.25) is 13.3 Å². The van der Waals surface area contributed by atoms with Crippen LogP contribution in [0.15, 0.2) is 35.2 Å². The van der Waals surface area contributed by atoms with Gasteiger partial charge in [0.2, 0.25) is 0 Å². The fourth-order valence-corrected chi connectivity index (χ4v) is 24.0. The summed E-state index contributed by atoms with van der Waals surface area (Å²) < 4.78 is 31.1. The van der Waals surface area contributed by atoms with Gasteiger partial charge in [-0.3, -0.25) is 0 Å². The van der Waals surface area contributed by atoms with Crippen molar-refractivity contribution in [2.45, 2.75) is 114 Å². The first-order chi connectivity index (χ1) is 15.9. The van der Waals surface area contributed by atoms with Crippen LogP contribution >= 0.6 is 0 Å². The Bertz CT molecular complexity index is 897. The van der Waals surface area contributed by atoms with Crippen molar-refractivity contribution in [2.75, 3.05) is 0 Å². The number of hydrogen-bond donors (Lipinski definition) is 1. The Hall–Kier alpha value is -0.821. The van der Waals surface area contributed by atoms with Crippen molar-refractivity contribution < 1.29 is 13.2 Å². The summed E-state index contributed by atoms with van der Waals surface area (Å²) in [5.74, 6) is 0.151. The van der Waals surface area contributed by atoms with Gasteiger partial charge in [0, 0.05) is 0 Å². The van der Waals surface area contributed by atoms with Gasteiger partial charge in [0.1, 0.15) is 0 Å². The van der Waals surface area contributed by atoms with E-state index in [1.54, 1.807) is 0 Å². The van der Waals surface area contributed by atoms with Crippen LogP contribution in [0.25, 0.3) is 3.59 Å². The molecule has 184 valence electrons. The second-order valence-electron chi connectivity index (χ2n) is 10.2. The van der Waals surface area contributed by atoms with Crippen LogP contribution in [0.3, 0.4) is 0 Å². The zero-order chi connectivity index (χ0) is 23.9. The van der Waals surface area contributed by atoms with E-state index in [4.69, 9.17) is 0 Å². The number of sulfone groups is 1. The third-order valence-corrected chi connectivity index (χ3v) is 25.5. The van der Waals surface area contributed by atoms with Crippen LogP contribution in [0.5, 0.6) is 0 Å². The summed E-state index contributed by atoms with van der Waals surface area (Å²) in [6.07, 6.45) is 12.9. The summed E-state index contributed by atoms with van der Waals surface area (Å²) >= 11 is -2.80. The number of carbonyl (C=O) groups is 1. The van der Waals surface area contributed by atoms with E-state index in [0.29, 0.717) is 11.3 Å². The maximum atomic E-state index is 12.8. The van der Waals surface area contributed by atoms with Gasteiger partial charge < -0.3 is 0 Å². The number of nitrogens with one attached hydrogen (secondary N) is 1. The molecule has 1 aliphatic heterocycles. The van der Waals surface area contributed by atoms with Gasteiger partial charge in [0.05, 0.1) is 0 Å². The topological polar surface area (TPSA) is 63.2 Å². The molecule has 0 radical (unpaired) electrons. The minimum absolute atomic E-state index is 0.114. The van der Waals surface area contributed by atoms with Crippen LogP contribution in [0, 0.1) is 0 Å². The Morgan fingerprint density at radius 3 is 1.91 bits per heavy atom. The summed E-state index contributed by atoms with van der Waals surface area (Å²) in [5.41, 5.74) is 1.21. The predicted octanol–water partition coefficient (Wildman–Crippen LogP) is 6.67. The molecule has 0 unspecified atom stereocenters. The van der Waals surface area contributed by atoms with Gasteiger partial charge in [-0.1, -0.05) is 0 Å². The van der Waals surface area contributed by atoms with Crippen molar-refractivity contribution in [1.82, 2.24) is 5.32 Å². The molecular weight excluding hydrogens is 537 g/mol. The van der Waals surface area contributed by atoms with Crippen molar-refractivity contribution in [2.24, 2.45) is 0 Å². The van der Waals surface area contributed by atoms with Crippen LogP contribution in [-0.2, 0) is 14.6 Å². The van der Waals surface area contributed by atoms with E-state index in [2.05, 4.69) is 44.3 Å². The first-order valence-corrected chi connectivity index (χ1v) is 22.2. The Kier molecular flexibility index (Phi) is 9.93. The third-order valence-electron chi connectivity index (χ3n) is 7.45. The third kappa shape index (κ3) is 6.87. The van der Waals surface area contributed by atoms with E-state index in [1.807, 2.05) is 12.1 Å². The summed E-state index contributed by atoms with van der Waals surface area (Å²) in [6, 6.07) is 7.96. The average molecular weight is 580 g/mol. The molecule has 33 heavy (non-hydrogen) atoms. The molecule has 3 rings (SSSR count). The molecule has 1 saturated heterocycles. The Morgan fingerprint density at radius 1 is 0.939 bits per heavy atom. The molecular formula is C27H43NO3SSn. The van der Waals surface area contributed by atoms with Crippen molar-refractivity contribution in [1.29, 1.82) is 0 Å². The van der Waals surface area contributed by atoms with E-state index >= 15 is 0 Å². The van der Waals surface area contributed by atoms with E-state index in [9.17, 15) is 13.2 Å². The number of amides is 1. The molecule has 1 atom stereocenters. The molecule has 0 bridgehead atoms. The molecule has 2 fully saturated rings. The Labute approximate surface area is 205 Å². The fourth-order valence-electron chi connectivity index (χ4n) is 5.26. The van der Waals surface area contributed by atoms with Crippen molar-refractivity contribution in [3.05, 3.63) is 35.9 Å². The van der Waals surface area contributed by atoms with Crippen molar-refractivity contribution >= 4 is 37.7 Å². The molecule has 6 heteroatoms. The molecule has 0 aromatic heterocycles. The monoisotopic (exact) mass is 581 g/mol. The zero-order valence-electron chi connectivity index (χ0n) is 20.9. The van der Waals surface area contributed by atoms with Crippen LogP contribution < -0.4 is 5.32 Å². The van der Waals surface area contributed by atoms with Crippen LogP contribution in [0.1, 0.15) is 90.5 Å². The SMILES string of the molecule is CCC[CH2][Sn]([CH2]CCC)([CH2]CCC)/[C](=C/[C@H]1CCC(=O)N1)c1ccc(S(=O)(=O)C2CC2)cc1.